The molecule has 2 N–H and O–H groups in total. The number of nitrogens with one attached hydrogen (secondary N) is 1. The quantitative estimate of drug-likeness (QED) is 0.224. The molecule has 1 aromatic heterocycles. The minimum absolute atomic E-state index is 0.0186. The summed E-state index contributed by atoms with van der Waals surface area (Å²) in [6.45, 7) is 0. The van der Waals surface area contributed by atoms with Gasteiger partial charge in [-0.1, -0.05) is 18.2 Å². The Morgan fingerprint density at radius 2 is 1.70 bits per heavy atom. The Bertz CT molecular complexity index is 1530. The van der Waals surface area contributed by atoms with Gasteiger partial charge in [-0.15, -0.1) is 0 Å². The number of nitrogens with zero attached hydrogens (tertiary/aromatic N) is 2. The van der Waals surface area contributed by atoms with Crippen LogP contribution in [0, 0.1) is 0 Å². The Kier molecular flexibility index (Phi) is 6.09. The van der Waals surface area contributed by atoms with E-state index in [1.54, 1.807) is 36.5 Å². The predicted molar refractivity (Wildman–Crippen MR) is 143 cm³/mol. The number of ketones is 1. The van der Waals surface area contributed by atoms with Crippen molar-refractivity contribution in [2.24, 2.45) is 0 Å². The van der Waals surface area contributed by atoms with Crippen molar-refractivity contribution < 1.29 is 24.2 Å². The Morgan fingerprint density at radius 1 is 0.973 bits per heavy atom. The summed E-state index contributed by atoms with van der Waals surface area (Å²) in [5.41, 5.74) is 3.31. The summed E-state index contributed by atoms with van der Waals surface area (Å²) in [5, 5.41) is 12.4. The van der Waals surface area contributed by atoms with Gasteiger partial charge < -0.3 is 24.5 Å². The summed E-state index contributed by atoms with van der Waals surface area (Å²) in [6.07, 6.45) is 1.78. The molecule has 2 heterocycles. The first-order valence-corrected chi connectivity index (χ1v) is 11.7. The number of amides is 1. The lowest BCUT2D eigenvalue weighted by molar-refractivity contribution is -0.132. The second-order valence-electron chi connectivity index (χ2n) is 8.94. The number of carbonyl (C=O) groups excluding carboxylic acids is 2. The molecule has 1 saturated heterocycles. The van der Waals surface area contributed by atoms with Crippen LogP contribution < -0.4 is 19.3 Å². The van der Waals surface area contributed by atoms with Gasteiger partial charge in [0, 0.05) is 54.2 Å². The number of anilines is 2. The van der Waals surface area contributed by atoms with Crippen LogP contribution in [-0.4, -0.2) is 50.1 Å². The van der Waals surface area contributed by atoms with Crippen LogP contribution in [0.2, 0.25) is 0 Å². The highest BCUT2D eigenvalue weighted by Crippen LogP contribution is 2.45. The second kappa shape index (κ2) is 9.39. The molecule has 8 heteroatoms. The molecule has 1 aliphatic rings. The summed E-state index contributed by atoms with van der Waals surface area (Å²) < 4.78 is 10.7. The van der Waals surface area contributed by atoms with E-state index in [2.05, 4.69) is 4.98 Å². The summed E-state index contributed by atoms with van der Waals surface area (Å²) in [6, 6.07) is 19.0. The third kappa shape index (κ3) is 3.96. The maximum absolute atomic E-state index is 13.6. The SMILES string of the molecule is COc1ccc(/C(O)=C2\C(=O)C(=O)N(c3ccc(N(C)C)cc3)C2c2c[nH]c3ccccc23)c(OC)c1. The standard InChI is InChI=1S/C29H27N3O5/c1-31(2)17-9-11-18(12-10-17)32-26(22-16-30-23-8-6-5-7-20(22)23)25(28(34)29(32)35)27(33)21-14-13-19(36-3)15-24(21)37-4/h5-16,26,30,33H,1-4H3/b27-25+. The molecule has 3 aromatic carbocycles. The molecule has 1 atom stereocenters. The fourth-order valence-electron chi connectivity index (χ4n) is 4.76. The van der Waals surface area contributed by atoms with Gasteiger partial charge in [0.2, 0.25) is 0 Å². The van der Waals surface area contributed by atoms with Crippen molar-refractivity contribution in [3.8, 4) is 11.5 Å². The number of H-pyrrole nitrogens is 1. The summed E-state index contributed by atoms with van der Waals surface area (Å²) in [4.78, 5) is 33.7. The number of aliphatic hydroxyl groups excluding tert-OH is 1. The average Bonchev–Trinajstić information content (AvgIpc) is 3.46. The number of hydrogen-bond acceptors (Lipinski definition) is 6. The molecule has 0 radical (unpaired) electrons. The van der Waals surface area contributed by atoms with Crippen LogP contribution in [0.5, 0.6) is 11.5 Å². The molecule has 1 fully saturated rings. The van der Waals surface area contributed by atoms with Gasteiger partial charge in [0.05, 0.1) is 31.4 Å². The molecule has 0 spiro atoms. The van der Waals surface area contributed by atoms with Crippen molar-refractivity contribution in [2.45, 2.75) is 6.04 Å². The first-order chi connectivity index (χ1) is 17.8. The van der Waals surface area contributed by atoms with Gasteiger partial charge >= 0.3 is 0 Å². The molecular weight excluding hydrogens is 470 g/mol. The highest BCUT2D eigenvalue weighted by atomic mass is 16.5. The molecule has 1 amide bonds. The van der Waals surface area contributed by atoms with Crippen molar-refractivity contribution in [2.75, 3.05) is 38.1 Å². The number of ether oxygens (including phenoxy) is 2. The monoisotopic (exact) mass is 497 g/mol. The summed E-state index contributed by atoms with van der Waals surface area (Å²) in [7, 11) is 6.84. The topological polar surface area (TPSA) is 95.1 Å². The summed E-state index contributed by atoms with van der Waals surface area (Å²) in [5.74, 6) is -0.969. The number of Topliss-reactive ketones (excluding diaryl/α,β-unsaturated/α-hetero) is 1. The Balaban J connectivity index is 1.75. The van der Waals surface area contributed by atoms with Gasteiger partial charge in [0.25, 0.3) is 11.7 Å². The molecule has 37 heavy (non-hydrogen) atoms. The van der Waals surface area contributed by atoms with Gasteiger partial charge in [0.15, 0.2) is 0 Å². The van der Waals surface area contributed by atoms with E-state index in [1.165, 1.54) is 19.1 Å². The Hall–Kier alpha value is -4.72. The van der Waals surface area contributed by atoms with Crippen LogP contribution in [-0.2, 0) is 9.59 Å². The molecule has 8 nitrogen and oxygen atoms in total. The second-order valence-corrected chi connectivity index (χ2v) is 8.94. The van der Waals surface area contributed by atoms with Crippen molar-refractivity contribution >= 4 is 39.7 Å². The van der Waals surface area contributed by atoms with Gasteiger partial charge in [-0.05, 0) is 42.5 Å². The number of methoxy groups -OCH3 is 2. The van der Waals surface area contributed by atoms with Crippen molar-refractivity contribution in [3.05, 3.63) is 89.6 Å². The number of hydrogen-bond donors (Lipinski definition) is 2. The van der Waals surface area contributed by atoms with Crippen molar-refractivity contribution in [3.63, 3.8) is 0 Å². The maximum atomic E-state index is 13.6. The highest BCUT2D eigenvalue weighted by molar-refractivity contribution is 6.52. The van der Waals surface area contributed by atoms with E-state index in [4.69, 9.17) is 9.47 Å². The Morgan fingerprint density at radius 3 is 2.38 bits per heavy atom. The zero-order chi connectivity index (χ0) is 26.3. The number of aromatic amines is 1. The highest BCUT2D eigenvalue weighted by Gasteiger charge is 2.48. The van der Waals surface area contributed by atoms with Gasteiger partial charge in [-0.2, -0.15) is 0 Å². The Labute approximate surface area is 214 Å². The van der Waals surface area contributed by atoms with E-state index in [0.717, 1.165) is 16.6 Å². The molecule has 1 aliphatic heterocycles. The third-order valence-electron chi connectivity index (χ3n) is 6.67. The summed E-state index contributed by atoms with van der Waals surface area (Å²) >= 11 is 0. The van der Waals surface area contributed by atoms with E-state index in [1.807, 2.05) is 55.4 Å². The van der Waals surface area contributed by atoms with E-state index in [9.17, 15) is 14.7 Å². The van der Waals surface area contributed by atoms with E-state index in [-0.39, 0.29) is 16.9 Å². The molecule has 0 bridgehead atoms. The molecule has 0 saturated carbocycles. The van der Waals surface area contributed by atoms with E-state index in [0.29, 0.717) is 22.7 Å². The van der Waals surface area contributed by atoms with Gasteiger partial charge in [-0.25, -0.2) is 0 Å². The minimum Gasteiger partial charge on any atom is -0.507 e. The molecule has 1 unspecified atom stereocenters. The fourth-order valence-corrected chi connectivity index (χ4v) is 4.76. The van der Waals surface area contributed by atoms with Crippen LogP contribution in [0.3, 0.4) is 0 Å². The van der Waals surface area contributed by atoms with Crippen LogP contribution in [0.15, 0.2) is 78.5 Å². The molecule has 4 aromatic rings. The number of aromatic nitrogens is 1. The lowest BCUT2D eigenvalue weighted by Gasteiger charge is -2.25. The third-order valence-corrected chi connectivity index (χ3v) is 6.67. The largest absolute Gasteiger partial charge is 0.507 e. The number of carbonyl (C=O) groups is 2. The lowest BCUT2D eigenvalue weighted by atomic mass is 9.94. The first kappa shape index (κ1) is 24.0. The van der Waals surface area contributed by atoms with Crippen LogP contribution in [0.1, 0.15) is 17.2 Å². The average molecular weight is 498 g/mol. The maximum Gasteiger partial charge on any atom is 0.300 e. The van der Waals surface area contributed by atoms with Crippen LogP contribution in [0.25, 0.3) is 16.7 Å². The fraction of sp³-hybridized carbons (Fsp3) is 0.172. The number of para-hydroxylation sites is 1. The predicted octanol–water partition coefficient (Wildman–Crippen LogP) is 4.88. The van der Waals surface area contributed by atoms with Crippen molar-refractivity contribution in [1.29, 1.82) is 0 Å². The van der Waals surface area contributed by atoms with Crippen molar-refractivity contribution in [1.82, 2.24) is 4.98 Å². The number of rotatable bonds is 6. The smallest absolute Gasteiger partial charge is 0.300 e. The molecular formula is C29H27N3O5. The molecule has 188 valence electrons. The first-order valence-electron chi connectivity index (χ1n) is 11.7. The van der Waals surface area contributed by atoms with E-state index < -0.39 is 17.7 Å². The minimum atomic E-state index is -0.867. The zero-order valence-electron chi connectivity index (χ0n) is 21.0. The van der Waals surface area contributed by atoms with Gasteiger partial charge in [0.1, 0.15) is 17.3 Å². The number of fused-ring (bicyclic) bond motifs is 1. The number of aliphatic hydroxyl groups is 1. The van der Waals surface area contributed by atoms with Crippen LogP contribution in [0.4, 0.5) is 11.4 Å². The van der Waals surface area contributed by atoms with Crippen LogP contribution >= 0.6 is 0 Å². The molecule has 0 aliphatic carbocycles. The normalized spacial score (nSPS) is 16.9. The number of benzene rings is 3. The lowest BCUT2D eigenvalue weighted by Crippen LogP contribution is -2.29. The zero-order valence-corrected chi connectivity index (χ0v) is 21.0. The van der Waals surface area contributed by atoms with E-state index >= 15 is 0 Å². The van der Waals surface area contributed by atoms with Gasteiger partial charge in [-0.3, -0.25) is 14.5 Å². The molecule has 5 rings (SSSR count).